The van der Waals surface area contributed by atoms with Crippen LogP contribution in [0.25, 0.3) is 11.0 Å². The topological polar surface area (TPSA) is 66.0 Å². The molecule has 0 aliphatic heterocycles. The van der Waals surface area contributed by atoms with Crippen molar-refractivity contribution in [3.05, 3.63) is 54.1 Å². The van der Waals surface area contributed by atoms with Crippen molar-refractivity contribution in [2.24, 2.45) is 12.8 Å². The summed E-state index contributed by atoms with van der Waals surface area (Å²) in [6.07, 6.45) is 3.55. The average molecular weight is 268 g/mol. The highest BCUT2D eigenvalue weighted by molar-refractivity contribution is 5.82. The van der Waals surface area contributed by atoms with Crippen LogP contribution in [0.3, 0.4) is 0 Å². The van der Waals surface area contributed by atoms with Crippen molar-refractivity contribution in [2.45, 2.75) is 13.2 Å². The molecule has 0 amide bonds. The zero-order valence-corrected chi connectivity index (χ0v) is 11.3. The second kappa shape index (κ2) is 5.30. The number of nitrogens with two attached hydrogens (primary N) is 1. The van der Waals surface area contributed by atoms with Gasteiger partial charge >= 0.3 is 0 Å². The second-order valence-electron chi connectivity index (χ2n) is 4.59. The summed E-state index contributed by atoms with van der Waals surface area (Å²) in [4.78, 5) is 8.64. The van der Waals surface area contributed by atoms with Crippen molar-refractivity contribution in [3.63, 3.8) is 0 Å². The molecule has 102 valence electrons. The molecule has 0 aliphatic carbocycles. The predicted octanol–water partition coefficient (Wildman–Crippen LogP) is 2.01. The van der Waals surface area contributed by atoms with Crippen LogP contribution >= 0.6 is 0 Å². The lowest BCUT2D eigenvalue weighted by atomic mass is 10.2. The van der Waals surface area contributed by atoms with Crippen molar-refractivity contribution in [1.29, 1.82) is 0 Å². The maximum atomic E-state index is 5.80. The standard InChI is InChI=1S/C15H16N4O/c1-19-8-11(7-16)14-13(17-10-18-15(14)19)9-20-12-5-3-2-4-6-12/h2-6,8,10H,7,9,16H2,1H3. The van der Waals surface area contributed by atoms with E-state index in [2.05, 4.69) is 9.97 Å². The molecule has 2 N–H and O–H groups in total. The van der Waals surface area contributed by atoms with Gasteiger partial charge in [-0.05, 0) is 17.7 Å². The molecular formula is C15H16N4O. The van der Waals surface area contributed by atoms with Crippen LogP contribution in [-0.4, -0.2) is 14.5 Å². The van der Waals surface area contributed by atoms with E-state index in [1.807, 2.05) is 48.1 Å². The SMILES string of the molecule is Cn1cc(CN)c2c(COc3ccccc3)ncnc21. The van der Waals surface area contributed by atoms with Gasteiger partial charge in [0.2, 0.25) is 0 Å². The number of para-hydroxylation sites is 1. The third-order valence-electron chi connectivity index (χ3n) is 3.25. The number of aryl methyl sites for hydroxylation is 1. The summed E-state index contributed by atoms with van der Waals surface area (Å²) in [5.41, 5.74) is 8.58. The fourth-order valence-electron chi connectivity index (χ4n) is 2.30. The van der Waals surface area contributed by atoms with Crippen LogP contribution in [0.5, 0.6) is 5.75 Å². The van der Waals surface area contributed by atoms with Gasteiger partial charge in [0.15, 0.2) is 0 Å². The minimum absolute atomic E-state index is 0.403. The van der Waals surface area contributed by atoms with Gasteiger partial charge in [0.25, 0.3) is 0 Å². The van der Waals surface area contributed by atoms with E-state index < -0.39 is 0 Å². The smallest absolute Gasteiger partial charge is 0.143 e. The zero-order valence-electron chi connectivity index (χ0n) is 11.3. The number of hydrogen-bond acceptors (Lipinski definition) is 4. The lowest BCUT2D eigenvalue weighted by Crippen LogP contribution is -2.02. The highest BCUT2D eigenvalue weighted by Crippen LogP contribution is 2.22. The van der Waals surface area contributed by atoms with Gasteiger partial charge in [-0.1, -0.05) is 18.2 Å². The van der Waals surface area contributed by atoms with Crippen molar-refractivity contribution in [3.8, 4) is 5.75 Å². The molecule has 0 spiro atoms. The third-order valence-corrected chi connectivity index (χ3v) is 3.25. The Bertz CT molecular complexity index is 721. The minimum Gasteiger partial charge on any atom is -0.487 e. The number of rotatable bonds is 4. The molecule has 0 fully saturated rings. The van der Waals surface area contributed by atoms with Gasteiger partial charge in [0.1, 0.15) is 24.3 Å². The summed E-state index contributed by atoms with van der Waals surface area (Å²) in [7, 11) is 1.95. The molecule has 3 aromatic rings. The molecule has 0 bridgehead atoms. The minimum atomic E-state index is 0.403. The van der Waals surface area contributed by atoms with E-state index in [1.165, 1.54) is 0 Å². The zero-order chi connectivity index (χ0) is 13.9. The normalized spacial score (nSPS) is 10.9. The van der Waals surface area contributed by atoms with E-state index in [9.17, 15) is 0 Å². The van der Waals surface area contributed by atoms with Crippen LogP contribution in [0.4, 0.5) is 0 Å². The van der Waals surface area contributed by atoms with Gasteiger partial charge in [0, 0.05) is 25.2 Å². The monoisotopic (exact) mass is 268 g/mol. The lowest BCUT2D eigenvalue weighted by molar-refractivity contribution is 0.303. The number of nitrogens with zero attached hydrogens (tertiary/aromatic N) is 3. The summed E-state index contributed by atoms with van der Waals surface area (Å²) in [5, 5.41) is 0.994. The maximum Gasteiger partial charge on any atom is 0.143 e. The highest BCUT2D eigenvalue weighted by Gasteiger charge is 2.12. The van der Waals surface area contributed by atoms with Gasteiger partial charge < -0.3 is 15.0 Å². The van der Waals surface area contributed by atoms with Gasteiger partial charge in [-0.3, -0.25) is 0 Å². The molecule has 2 aromatic heterocycles. The summed E-state index contributed by atoms with van der Waals surface area (Å²) in [6, 6.07) is 9.69. The molecule has 0 unspecified atom stereocenters. The van der Waals surface area contributed by atoms with Crippen LogP contribution in [0.1, 0.15) is 11.3 Å². The van der Waals surface area contributed by atoms with E-state index in [4.69, 9.17) is 10.5 Å². The number of fused-ring (bicyclic) bond motifs is 1. The van der Waals surface area contributed by atoms with Gasteiger partial charge in [-0.25, -0.2) is 9.97 Å². The molecule has 0 saturated carbocycles. The first-order valence-electron chi connectivity index (χ1n) is 6.45. The summed E-state index contributed by atoms with van der Waals surface area (Å²) < 4.78 is 7.73. The Kier molecular flexibility index (Phi) is 3.35. The Labute approximate surface area is 117 Å². The maximum absolute atomic E-state index is 5.80. The Morgan fingerprint density at radius 2 is 2.00 bits per heavy atom. The number of hydrogen-bond donors (Lipinski definition) is 1. The molecule has 0 atom stereocenters. The Morgan fingerprint density at radius 3 is 2.75 bits per heavy atom. The summed E-state index contributed by atoms with van der Waals surface area (Å²) in [5.74, 6) is 0.824. The van der Waals surface area contributed by atoms with Crippen molar-refractivity contribution in [2.75, 3.05) is 0 Å². The first-order valence-corrected chi connectivity index (χ1v) is 6.45. The Hall–Kier alpha value is -2.40. The van der Waals surface area contributed by atoms with Gasteiger partial charge in [0.05, 0.1) is 5.69 Å². The second-order valence-corrected chi connectivity index (χ2v) is 4.59. The van der Waals surface area contributed by atoms with E-state index >= 15 is 0 Å². The fourth-order valence-corrected chi connectivity index (χ4v) is 2.30. The molecule has 1 aromatic carbocycles. The number of benzene rings is 1. The van der Waals surface area contributed by atoms with E-state index in [0.29, 0.717) is 13.2 Å². The van der Waals surface area contributed by atoms with Crippen LogP contribution in [0.15, 0.2) is 42.9 Å². The van der Waals surface area contributed by atoms with E-state index in [-0.39, 0.29) is 0 Å². The van der Waals surface area contributed by atoms with Crippen LogP contribution < -0.4 is 10.5 Å². The Balaban J connectivity index is 1.95. The van der Waals surface area contributed by atoms with Crippen LogP contribution in [-0.2, 0) is 20.2 Å². The first kappa shape index (κ1) is 12.6. The predicted molar refractivity (Wildman–Crippen MR) is 77.2 cm³/mol. The lowest BCUT2D eigenvalue weighted by Gasteiger charge is -2.07. The number of aromatic nitrogens is 3. The van der Waals surface area contributed by atoms with Crippen molar-refractivity contribution in [1.82, 2.24) is 14.5 Å². The molecule has 3 rings (SSSR count). The van der Waals surface area contributed by atoms with Crippen molar-refractivity contribution >= 4 is 11.0 Å². The summed E-state index contributed by atoms with van der Waals surface area (Å²) >= 11 is 0. The fraction of sp³-hybridized carbons (Fsp3) is 0.200. The average Bonchev–Trinajstić information content (AvgIpc) is 2.83. The van der Waals surface area contributed by atoms with Crippen LogP contribution in [0, 0.1) is 0 Å². The quantitative estimate of drug-likeness (QED) is 0.786. The van der Waals surface area contributed by atoms with Gasteiger partial charge in [-0.15, -0.1) is 0 Å². The van der Waals surface area contributed by atoms with Crippen LogP contribution in [0.2, 0.25) is 0 Å². The molecule has 5 heteroatoms. The molecule has 0 saturated heterocycles. The molecule has 5 nitrogen and oxygen atoms in total. The largest absolute Gasteiger partial charge is 0.487 e. The van der Waals surface area contributed by atoms with E-state index in [0.717, 1.165) is 28.0 Å². The molecule has 2 heterocycles. The Morgan fingerprint density at radius 1 is 1.20 bits per heavy atom. The summed E-state index contributed by atoms with van der Waals surface area (Å²) in [6.45, 7) is 0.864. The third kappa shape index (κ3) is 2.23. The highest BCUT2D eigenvalue weighted by atomic mass is 16.5. The first-order chi connectivity index (χ1) is 9.79. The van der Waals surface area contributed by atoms with Gasteiger partial charge in [-0.2, -0.15) is 0 Å². The molecule has 0 aliphatic rings. The molecular weight excluding hydrogens is 252 g/mol. The molecule has 20 heavy (non-hydrogen) atoms. The molecule has 0 radical (unpaired) electrons. The van der Waals surface area contributed by atoms with E-state index in [1.54, 1.807) is 6.33 Å². The number of ether oxygens (including phenoxy) is 1. The van der Waals surface area contributed by atoms with Crippen molar-refractivity contribution < 1.29 is 4.74 Å².